The van der Waals surface area contributed by atoms with E-state index in [1.54, 1.807) is 0 Å². The lowest BCUT2D eigenvalue weighted by molar-refractivity contribution is 0.142. The Morgan fingerprint density at radius 3 is 3.06 bits per heavy atom. The first-order valence-corrected chi connectivity index (χ1v) is 6.75. The summed E-state index contributed by atoms with van der Waals surface area (Å²) in [6.07, 6.45) is 10.2. The van der Waals surface area contributed by atoms with Gasteiger partial charge in [0, 0.05) is 38.2 Å². The van der Waals surface area contributed by atoms with Gasteiger partial charge in [-0.25, -0.2) is 4.98 Å². The molecule has 4 nitrogen and oxygen atoms in total. The first kappa shape index (κ1) is 12.4. The molecule has 1 aromatic heterocycles. The highest BCUT2D eigenvalue weighted by Crippen LogP contribution is 2.21. The van der Waals surface area contributed by atoms with Crippen molar-refractivity contribution in [3.05, 3.63) is 12.4 Å². The molecule has 1 N–H and O–H groups in total. The SMILES string of the molecule is CCOCCCn1ccnc1NC1CCCC1. The molecule has 0 atom stereocenters. The maximum Gasteiger partial charge on any atom is 0.202 e. The monoisotopic (exact) mass is 237 g/mol. The Balaban J connectivity index is 1.79. The average molecular weight is 237 g/mol. The minimum absolute atomic E-state index is 0.628. The molecule has 1 aliphatic rings. The van der Waals surface area contributed by atoms with Crippen molar-refractivity contribution in [3.8, 4) is 0 Å². The molecule has 96 valence electrons. The van der Waals surface area contributed by atoms with E-state index in [0.717, 1.165) is 32.1 Å². The summed E-state index contributed by atoms with van der Waals surface area (Å²) in [5.41, 5.74) is 0. The van der Waals surface area contributed by atoms with E-state index in [1.165, 1.54) is 25.7 Å². The van der Waals surface area contributed by atoms with Gasteiger partial charge in [0.15, 0.2) is 0 Å². The highest BCUT2D eigenvalue weighted by atomic mass is 16.5. The fraction of sp³-hybridized carbons (Fsp3) is 0.769. The van der Waals surface area contributed by atoms with Gasteiger partial charge >= 0.3 is 0 Å². The number of aromatic nitrogens is 2. The van der Waals surface area contributed by atoms with Gasteiger partial charge < -0.3 is 14.6 Å². The Morgan fingerprint density at radius 1 is 1.47 bits per heavy atom. The van der Waals surface area contributed by atoms with Crippen molar-refractivity contribution in [1.82, 2.24) is 9.55 Å². The zero-order valence-electron chi connectivity index (χ0n) is 10.7. The van der Waals surface area contributed by atoms with Crippen molar-refractivity contribution in [2.45, 2.75) is 51.6 Å². The van der Waals surface area contributed by atoms with E-state index in [0.29, 0.717) is 6.04 Å². The molecule has 2 rings (SSSR count). The largest absolute Gasteiger partial charge is 0.382 e. The zero-order valence-corrected chi connectivity index (χ0v) is 10.7. The summed E-state index contributed by atoms with van der Waals surface area (Å²) in [7, 11) is 0. The van der Waals surface area contributed by atoms with Crippen LogP contribution in [0, 0.1) is 0 Å². The van der Waals surface area contributed by atoms with Gasteiger partial charge in [-0.1, -0.05) is 12.8 Å². The van der Waals surface area contributed by atoms with Crippen molar-refractivity contribution in [1.29, 1.82) is 0 Å². The lowest BCUT2D eigenvalue weighted by Crippen LogP contribution is -2.18. The van der Waals surface area contributed by atoms with Gasteiger partial charge in [0.05, 0.1) is 0 Å². The van der Waals surface area contributed by atoms with E-state index in [-0.39, 0.29) is 0 Å². The Labute approximate surface area is 103 Å². The molecule has 0 amide bonds. The number of hydrogen-bond donors (Lipinski definition) is 1. The van der Waals surface area contributed by atoms with Crippen LogP contribution in [0.2, 0.25) is 0 Å². The maximum absolute atomic E-state index is 5.35. The van der Waals surface area contributed by atoms with Crippen LogP contribution in [0.4, 0.5) is 5.95 Å². The molecule has 17 heavy (non-hydrogen) atoms. The van der Waals surface area contributed by atoms with Crippen LogP contribution in [0.5, 0.6) is 0 Å². The summed E-state index contributed by atoms with van der Waals surface area (Å²) in [5.74, 6) is 1.02. The number of hydrogen-bond acceptors (Lipinski definition) is 3. The summed E-state index contributed by atoms with van der Waals surface area (Å²) >= 11 is 0. The molecule has 0 bridgehead atoms. The molecule has 0 aromatic carbocycles. The van der Waals surface area contributed by atoms with E-state index >= 15 is 0 Å². The Morgan fingerprint density at radius 2 is 2.29 bits per heavy atom. The number of imidazole rings is 1. The lowest BCUT2D eigenvalue weighted by Gasteiger charge is -2.14. The van der Waals surface area contributed by atoms with E-state index in [4.69, 9.17) is 4.74 Å². The van der Waals surface area contributed by atoms with Crippen LogP contribution in [-0.2, 0) is 11.3 Å². The molecule has 1 saturated carbocycles. The summed E-state index contributed by atoms with van der Waals surface area (Å²) in [5, 5.41) is 3.54. The van der Waals surface area contributed by atoms with Gasteiger partial charge in [-0.15, -0.1) is 0 Å². The molecule has 0 unspecified atom stereocenters. The third kappa shape index (κ3) is 3.73. The first-order chi connectivity index (χ1) is 8.40. The normalized spacial score (nSPS) is 16.5. The predicted octanol–water partition coefficient (Wildman–Crippen LogP) is 2.66. The molecule has 0 spiro atoms. The third-order valence-corrected chi connectivity index (χ3v) is 3.30. The molecule has 4 heteroatoms. The Bertz CT molecular complexity index is 318. The van der Waals surface area contributed by atoms with E-state index in [9.17, 15) is 0 Å². The van der Waals surface area contributed by atoms with Crippen LogP contribution in [0.1, 0.15) is 39.0 Å². The minimum Gasteiger partial charge on any atom is -0.382 e. The smallest absolute Gasteiger partial charge is 0.202 e. The van der Waals surface area contributed by atoms with Gasteiger partial charge in [0.2, 0.25) is 5.95 Å². The second-order valence-electron chi connectivity index (χ2n) is 4.62. The first-order valence-electron chi connectivity index (χ1n) is 6.75. The molecule has 1 aliphatic carbocycles. The zero-order chi connectivity index (χ0) is 11.9. The molecule has 0 radical (unpaired) electrons. The van der Waals surface area contributed by atoms with Crippen molar-refractivity contribution >= 4 is 5.95 Å². The quantitative estimate of drug-likeness (QED) is 0.741. The second-order valence-corrected chi connectivity index (χ2v) is 4.62. The molecule has 1 heterocycles. The number of anilines is 1. The van der Waals surface area contributed by atoms with Crippen LogP contribution in [0.3, 0.4) is 0 Å². The summed E-state index contributed by atoms with van der Waals surface area (Å²) < 4.78 is 7.54. The summed E-state index contributed by atoms with van der Waals surface area (Å²) in [6, 6.07) is 0.628. The van der Waals surface area contributed by atoms with Gasteiger partial charge in [0.1, 0.15) is 0 Å². The van der Waals surface area contributed by atoms with Gasteiger partial charge in [0.25, 0.3) is 0 Å². The number of ether oxygens (including phenoxy) is 1. The van der Waals surface area contributed by atoms with Crippen molar-refractivity contribution in [2.75, 3.05) is 18.5 Å². The minimum atomic E-state index is 0.628. The van der Waals surface area contributed by atoms with Crippen molar-refractivity contribution in [2.24, 2.45) is 0 Å². The average Bonchev–Trinajstić information content (AvgIpc) is 2.97. The Kier molecular flexibility index (Phi) is 4.86. The predicted molar refractivity (Wildman–Crippen MR) is 69.2 cm³/mol. The van der Waals surface area contributed by atoms with Crippen LogP contribution in [-0.4, -0.2) is 28.8 Å². The van der Waals surface area contributed by atoms with Crippen molar-refractivity contribution in [3.63, 3.8) is 0 Å². The standard InChI is InChI=1S/C13H23N3O/c1-2-17-11-5-9-16-10-8-14-13(16)15-12-6-3-4-7-12/h8,10,12H,2-7,9,11H2,1H3,(H,14,15). The summed E-state index contributed by atoms with van der Waals surface area (Å²) in [4.78, 5) is 4.39. The third-order valence-electron chi connectivity index (χ3n) is 3.30. The topological polar surface area (TPSA) is 39.1 Å². The van der Waals surface area contributed by atoms with Crippen molar-refractivity contribution < 1.29 is 4.74 Å². The summed E-state index contributed by atoms with van der Waals surface area (Å²) in [6.45, 7) is 4.65. The van der Waals surface area contributed by atoms with Crippen LogP contribution < -0.4 is 5.32 Å². The fourth-order valence-corrected chi connectivity index (χ4v) is 2.36. The second kappa shape index (κ2) is 6.64. The molecule has 1 aromatic rings. The van der Waals surface area contributed by atoms with Gasteiger partial charge in [-0.05, 0) is 26.2 Å². The number of aryl methyl sites for hydroxylation is 1. The molecular weight excluding hydrogens is 214 g/mol. The van der Waals surface area contributed by atoms with Gasteiger partial charge in [-0.3, -0.25) is 0 Å². The van der Waals surface area contributed by atoms with E-state index < -0.39 is 0 Å². The van der Waals surface area contributed by atoms with E-state index in [1.807, 2.05) is 19.3 Å². The molecule has 1 fully saturated rings. The van der Waals surface area contributed by atoms with Crippen LogP contribution in [0.25, 0.3) is 0 Å². The highest BCUT2D eigenvalue weighted by Gasteiger charge is 2.16. The number of nitrogens with zero attached hydrogens (tertiary/aromatic N) is 2. The van der Waals surface area contributed by atoms with Gasteiger partial charge in [-0.2, -0.15) is 0 Å². The molecule has 0 aliphatic heterocycles. The molecule has 0 saturated heterocycles. The highest BCUT2D eigenvalue weighted by molar-refractivity contribution is 5.27. The fourth-order valence-electron chi connectivity index (χ4n) is 2.36. The molecular formula is C13H23N3O. The Hall–Kier alpha value is -1.03. The van der Waals surface area contributed by atoms with Crippen LogP contribution >= 0.6 is 0 Å². The number of nitrogens with one attached hydrogen (secondary N) is 1. The number of rotatable bonds is 7. The maximum atomic E-state index is 5.35. The van der Waals surface area contributed by atoms with Crippen LogP contribution in [0.15, 0.2) is 12.4 Å². The van der Waals surface area contributed by atoms with E-state index in [2.05, 4.69) is 14.9 Å². The lowest BCUT2D eigenvalue weighted by atomic mass is 10.2.